The monoisotopic (exact) mass is 426 g/mol. The smallest absolute Gasteiger partial charge is 0.261 e. The Balaban J connectivity index is 1.83. The SMILES string of the molecule is CC(C)CN(CC(C)C)C(=O)Cn1c(CNC(=O)c2cccs2)nc2ccccc21. The molecule has 0 aliphatic heterocycles. The second-order valence-electron chi connectivity index (χ2n) is 8.35. The highest BCUT2D eigenvalue weighted by molar-refractivity contribution is 7.12. The number of hydrogen-bond acceptors (Lipinski definition) is 4. The third-order valence-electron chi connectivity index (χ3n) is 4.70. The molecule has 0 fully saturated rings. The summed E-state index contributed by atoms with van der Waals surface area (Å²) in [7, 11) is 0. The van der Waals surface area contributed by atoms with Crippen LogP contribution in [0.3, 0.4) is 0 Å². The van der Waals surface area contributed by atoms with Gasteiger partial charge in [0.2, 0.25) is 5.91 Å². The van der Waals surface area contributed by atoms with Crippen LogP contribution in [0.2, 0.25) is 0 Å². The molecule has 1 aromatic carbocycles. The molecule has 2 heterocycles. The van der Waals surface area contributed by atoms with Gasteiger partial charge in [0, 0.05) is 13.1 Å². The highest BCUT2D eigenvalue weighted by atomic mass is 32.1. The number of nitrogens with one attached hydrogen (secondary N) is 1. The number of carbonyl (C=O) groups is 2. The Kier molecular flexibility index (Phi) is 7.26. The summed E-state index contributed by atoms with van der Waals surface area (Å²) in [6.45, 7) is 10.4. The van der Waals surface area contributed by atoms with Crippen molar-refractivity contribution in [3.63, 3.8) is 0 Å². The third kappa shape index (κ3) is 5.48. The molecule has 6 nitrogen and oxygen atoms in total. The van der Waals surface area contributed by atoms with Gasteiger partial charge in [-0.3, -0.25) is 9.59 Å². The van der Waals surface area contributed by atoms with Crippen LogP contribution >= 0.6 is 11.3 Å². The van der Waals surface area contributed by atoms with E-state index in [4.69, 9.17) is 0 Å². The number of amides is 2. The zero-order chi connectivity index (χ0) is 21.7. The number of thiophene rings is 1. The molecule has 0 bridgehead atoms. The van der Waals surface area contributed by atoms with Crippen LogP contribution in [0.1, 0.15) is 43.2 Å². The van der Waals surface area contributed by atoms with Gasteiger partial charge in [0.1, 0.15) is 12.4 Å². The lowest BCUT2D eigenvalue weighted by Gasteiger charge is -2.27. The molecule has 2 aromatic heterocycles. The van der Waals surface area contributed by atoms with Gasteiger partial charge >= 0.3 is 0 Å². The maximum Gasteiger partial charge on any atom is 0.261 e. The summed E-state index contributed by atoms with van der Waals surface area (Å²) in [5.41, 5.74) is 1.73. The van der Waals surface area contributed by atoms with Crippen molar-refractivity contribution in [2.45, 2.75) is 40.8 Å². The average molecular weight is 427 g/mol. The first-order valence-electron chi connectivity index (χ1n) is 10.4. The van der Waals surface area contributed by atoms with Crippen LogP contribution in [-0.2, 0) is 17.9 Å². The van der Waals surface area contributed by atoms with E-state index in [0.29, 0.717) is 22.5 Å². The average Bonchev–Trinajstić information content (AvgIpc) is 3.33. The Hall–Kier alpha value is -2.67. The van der Waals surface area contributed by atoms with Crippen LogP contribution in [0.4, 0.5) is 0 Å². The summed E-state index contributed by atoms with van der Waals surface area (Å²) in [4.78, 5) is 32.8. The van der Waals surface area contributed by atoms with Crippen LogP contribution < -0.4 is 5.32 Å². The standard InChI is InChI=1S/C23H30N4O2S/c1-16(2)13-26(14-17(3)4)22(28)15-27-19-9-6-5-8-18(19)25-21(27)12-24-23(29)20-10-7-11-30-20/h5-11,16-17H,12-15H2,1-4H3,(H,24,29). The highest BCUT2D eigenvalue weighted by Gasteiger charge is 2.20. The lowest BCUT2D eigenvalue weighted by atomic mass is 10.1. The summed E-state index contributed by atoms with van der Waals surface area (Å²) in [5, 5.41) is 4.81. The molecule has 2 amide bonds. The maximum absolute atomic E-state index is 13.2. The van der Waals surface area contributed by atoms with Gasteiger partial charge in [-0.25, -0.2) is 4.98 Å². The Morgan fingerprint density at radius 3 is 2.40 bits per heavy atom. The maximum atomic E-state index is 13.2. The fourth-order valence-electron chi connectivity index (χ4n) is 3.49. The second kappa shape index (κ2) is 9.89. The number of benzene rings is 1. The van der Waals surface area contributed by atoms with E-state index in [0.717, 1.165) is 24.1 Å². The van der Waals surface area contributed by atoms with Crippen molar-refractivity contribution in [3.05, 3.63) is 52.5 Å². The molecule has 0 aliphatic carbocycles. The van der Waals surface area contributed by atoms with E-state index < -0.39 is 0 Å². The molecule has 3 aromatic rings. The Morgan fingerprint density at radius 2 is 1.77 bits per heavy atom. The fraction of sp³-hybridized carbons (Fsp3) is 0.435. The summed E-state index contributed by atoms with van der Waals surface area (Å²) < 4.78 is 1.93. The summed E-state index contributed by atoms with van der Waals surface area (Å²) in [6.07, 6.45) is 0. The largest absolute Gasteiger partial charge is 0.344 e. The fourth-order valence-corrected chi connectivity index (χ4v) is 4.13. The Labute approximate surface area is 181 Å². The number of para-hydroxylation sites is 2. The predicted octanol–water partition coefficient (Wildman–Crippen LogP) is 4.17. The van der Waals surface area contributed by atoms with E-state index in [1.807, 2.05) is 45.2 Å². The molecule has 160 valence electrons. The highest BCUT2D eigenvalue weighted by Crippen LogP contribution is 2.18. The van der Waals surface area contributed by atoms with Crippen molar-refractivity contribution in [1.82, 2.24) is 19.8 Å². The number of nitrogens with zero attached hydrogens (tertiary/aromatic N) is 3. The molecule has 3 rings (SSSR count). The molecule has 7 heteroatoms. The first-order chi connectivity index (χ1) is 14.3. The third-order valence-corrected chi connectivity index (χ3v) is 5.57. The van der Waals surface area contributed by atoms with Gasteiger partial charge in [-0.05, 0) is 35.4 Å². The summed E-state index contributed by atoms with van der Waals surface area (Å²) in [6, 6.07) is 11.4. The van der Waals surface area contributed by atoms with Gasteiger partial charge in [-0.2, -0.15) is 0 Å². The Bertz CT molecular complexity index is 982. The number of hydrogen-bond donors (Lipinski definition) is 1. The predicted molar refractivity (Wildman–Crippen MR) is 121 cm³/mol. The summed E-state index contributed by atoms with van der Waals surface area (Å²) >= 11 is 1.40. The number of imidazole rings is 1. The van der Waals surface area contributed by atoms with Gasteiger partial charge in [0.05, 0.1) is 22.5 Å². The van der Waals surface area contributed by atoms with Crippen LogP contribution in [0.15, 0.2) is 41.8 Å². The number of fused-ring (bicyclic) bond motifs is 1. The first-order valence-corrected chi connectivity index (χ1v) is 11.3. The van der Waals surface area contributed by atoms with E-state index in [1.165, 1.54) is 11.3 Å². The second-order valence-corrected chi connectivity index (χ2v) is 9.30. The lowest BCUT2D eigenvalue weighted by molar-refractivity contribution is -0.132. The van der Waals surface area contributed by atoms with E-state index in [2.05, 4.69) is 38.0 Å². The van der Waals surface area contributed by atoms with Crippen LogP contribution in [-0.4, -0.2) is 39.4 Å². The molecular formula is C23H30N4O2S. The molecule has 0 spiro atoms. The summed E-state index contributed by atoms with van der Waals surface area (Å²) in [5.74, 6) is 1.43. The minimum atomic E-state index is -0.129. The first kappa shape index (κ1) is 22.0. The van der Waals surface area contributed by atoms with Gasteiger partial charge in [-0.15, -0.1) is 11.3 Å². The van der Waals surface area contributed by atoms with Crippen molar-refractivity contribution in [2.75, 3.05) is 13.1 Å². The molecule has 0 unspecified atom stereocenters. The molecule has 0 aliphatic rings. The zero-order valence-corrected chi connectivity index (χ0v) is 18.9. The van der Waals surface area contributed by atoms with E-state index >= 15 is 0 Å². The normalized spacial score (nSPS) is 11.4. The molecule has 30 heavy (non-hydrogen) atoms. The van der Waals surface area contributed by atoms with Crippen molar-refractivity contribution in [2.24, 2.45) is 11.8 Å². The van der Waals surface area contributed by atoms with Crippen LogP contribution in [0.25, 0.3) is 11.0 Å². The van der Waals surface area contributed by atoms with Crippen LogP contribution in [0, 0.1) is 11.8 Å². The number of rotatable bonds is 9. The van der Waals surface area contributed by atoms with Gasteiger partial charge < -0.3 is 14.8 Å². The van der Waals surface area contributed by atoms with E-state index in [1.54, 1.807) is 6.07 Å². The quantitative estimate of drug-likeness (QED) is 0.558. The molecule has 0 radical (unpaired) electrons. The van der Waals surface area contributed by atoms with Gasteiger partial charge in [0.15, 0.2) is 0 Å². The minimum Gasteiger partial charge on any atom is -0.344 e. The van der Waals surface area contributed by atoms with Crippen molar-refractivity contribution in [3.8, 4) is 0 Å². The van der Waals surface area contributed by atoms with Crippen molar-refractivity contribution < 1.29 is 9.59 Å². The van der Waals surface area contributed by atoms with Crippen LogP contribution in [0.5, 0.6) is 0 Å². The molecule has 0 saturated heterocycles. The zero-order valence-electron chi connectivity index (χ0n) is 18.1. The molecule has 1 N–H and O–H groups in total. The minimum absolute atomic E-state index is 0.0754. The van der Waals surface area contributed by atoms with E-state index in [-0.39, 0.29) is 24.9 Å². The Morgan fingerprint density at radius 1 is 1.07 bits per heavy atom. The topological polar surface area (TPSA) is 67.2 Å². The lowest BCUT2D eigenvalue weighted by Crippen LogP contribution is -2.39. The van der Waals surface area contributed by atoms with Gasteiger partial charge in [-0.1, -0.05) is 45.9 Å². The number of aromatic nitrogens is 2. The van der Waals surface area contributed by atoms with Crippen molar-refractivity contribution in [1.29, 1.82) is 0 Å². The van der Waals surface area contributed by atoms with Gasteiger partial charge in [0.25, 0.3) is 5.91 Å². The van der Waals surface area contributed by atoms with Crippen molar-refractivity contribution >= 4 is 34.2 Å². The molecular weight excluding hydrogens is 396 g/mol. The number of carbonyl (C=O) groups excluding carboxylic acids is 2. The van der Waals surface area contributed by atoms with E-state index in [9.17, 15) is 9.59 Å². The molecule has 0 atom stereocenters. The molecule has 0 saturated carbocycles.